The maximum Gasteiger partial charge on any atom is 0.240 e. The van der Waals surface area contributed by atoms with Gasteiger partial charge in [-0.1, -0.05) is 6.92 Å². The van der Waals surface area contributed by atoms with E-state index in [0.717, 1.165) is 0 Å². The van der Waals surface area contributed by atoms with Gasteiger partial charge in [-0.25, -0.2) is 21.6 Å². The molecule has 3 N–H and O–H groups in total. The van der Waals surface area contributed by atoms with Crippen LogP contribution in [0.3, 0.4) is 0 Å². The quantitative estimate of drug-likeness (QED) is 0.579. The molecule has 1 aromatic carbocycles. The summed E-state index contributed by atoms with van der Waals surface area (Å²) in [6.07, 6.45) is 0.562. The van der Waals surface area contributed by atoms with Gasteiger partial charge < -0.3 is 10.5 Å². The largest absolute Gasteiger partial charge is 0.493 e. The number of hydrogen-bond acceptors (Lipinski definition) is 6. The molecule has 0 bridgehead atoms. The summed E-state index contributed by atoms with van der Waals surface area (Å²) in [5.41, 5.74) is 5.31. The smallest absolute Gasteiger partial charge is 0.240 e. The minimum atomic E-state index is -3.55. The molecule has 0 amide bonds. The van der Waals surface area contributed by atoms with Gasteiger partial charge in [0.25, 0.3) is 0 Å². The molecule has 0 atom stereocenters. The Kier molecular flexibility index (Phi) is 7.27. The number of ether oxygens (including phenoxy) is 1. The minimum absolute atomic E-state index is 0.0387. The highest BCUT2D eigenvalue weighted by Crippen LogP contribution is 2.16. The molecular weight excluding hydrogens is 328 g/mol. The fourth-order valence-corrected chi connectivity index (χ4v) is 3.24. The van der Waals surface area contributed by atoms with Crippen LogP contribution >= 0.6 is 0 Å². The van der Waals surface area contributed by atoms with E-state index in [1.54, 1.807) is 6.92 Å². The summed E-state index contributed by atoms with van der Waals surface area (Å²) in [4.78, 5) is 0.123. The van der Waals surface area contributed by atoms with Crippen LogP contribution in [0.25, 0.3) is 0 Å². The summed E-state index contributed by atoms with van der Waals surface area (Å²) < 4.78 is 54.2. The van der Waals surface area contributed by atoms with E-state index in [2.05, 4.69) is 4.72 Å². The maximum atomic E-state index is 11.9. The van der Waals surface area contributed by atoms with Crippen LogP contribution in [-0.2, 0) is 19.9 Å². The number of sulfonamides is 1. The monoisotopic (exact) mass is 350 g/mol. The Bertz CT molecular complexity index is 654. The summed E-state index contributed by atoms with van der Waals surface area (Å²) in [5.74, 6) is 0.429. The molecule has 126 valence electrons. The molecule has 1 rings (SSSR count). The molecule has 7 nitrogen and oxygen atoms in total. The lowest BCUT2D eigenvalue weighted by Gasteiger charge is -2.08. The first-order valence-corrected chi connectivity index (χ1v) is 10.2. The number of hydrogen-bond donors (Lipinski definition) is 2. The topological polar surface area (TPSA) is 116 Å². The molecule has 9 heteroatoms. The van der Waals surface area contributed by atoms with Crippen LogP contribution < -0.4 is 15.2 Å². The van der Waals surface area contributed by atoms with Gasteiger partial charge in [0, 0.05) is 12.3 Å². The van der Waals surface area contributed by atoms with Gasteiger partial charge in [0.2, 0.25) is 10.0 Å². The summed E-state index contributed by atoms with van der Waals surface area (Å²) in [6, 6.07) is 5.81. The van der Waals surface area contributed by atoms with Crippen LogP contribution in [0.1, 0.15) is 13.3 Å². The summed E-state index contributed by atoms with van der Waals surface area (Å²) in [5, 5.41) is 0. The molecule has 1 aromatic rings. The normalized spacial score (nSPS) is 12.3. The Morgan fingerprint density at radius 2 is 1.77 bits per heavy atom. The second-order valence-electron chi connectivity index (χ2n) is 4.60. The van der Waals surface area contributed by atoms with E-state index in [-0.39, 0.29) is 29.6 Å². The predicted octanol–water partition coefficient (Wildman–Crippen LogP) is 0.127. The van der Waals surface area contributed by atoms with Crippen molar-refractivity contribution in [3.8, 4) is 5.75 Å². The predicted molar refractivity (Wildman–Crippen MR) is 85.1 cm³/mol. The van der Waals surface area contributed by atoms with Crippen LogP contribution in [0, 0.1) is 0 Å². The average molecular weight is 350 g/mol. The summed E-state index contributed by atoms with van der Waals surface area (Å²) in [6.45, 7) is 2.31. The van der Waals surface area contributed by atoms with Crippen molar-refractivity contribution in [3.63, 3.8) is 0 Å². The molecule has 22 heavy (non-hydrogen) atoms. The van der Waals surface area contributed by atoms with Crippen LogP contribution in [0.5, 0.6) is 5.75 Å². The van der Waals surface area contributed by atoms with E-state index in [4.69, 9.17) is 10.5 Å². The lowest BCUT2D eigenvalue weighted by atomic mass is 10.3. The van der Waals surface area contributed by atoms with Gasteiger partial charge in [0.15, 0.2) is 9.84 Å². The molecule has 0 aromatic heterocycles. The third-order valence-corrected chi connectivity index (χ3v) is 6.06. The Labute approximate surface area is 131 Å². The number of nitrogens with two attached hydrogens (primary N) is 1. The summed E-state index contributed by atoms with van der Waals surface area (Å²) in [7, 11) is -6.63. The zero-order chi connectivity index (χ0) is 16.6. The Balaban J connectivity index is 2.59. The van der Waals surface area contributed by atoms with E-state index >= 15 is 0 Å². The first-order valence-electron chi connectivity index (χ1n) is 6.94. The van der Waals surface area contributed by atoms with Crippen LogP contribution in [0.4, 0.5) is 0 Å². The lowest BCUT2D eigenvalue weighted by molar-refractivity contribution is 0.340. The highest BCUT2D eigenvalue weighted by molar-refractivity contribution is 7.91. The Hall–Kier alpha value is -1.16. The molecular formula is C13H22N2O5S2. The SMILES string of the molecule is CCS(=O)(=O)CCOc1ccc(S(=O)(=O)NCCCN)cc1. The number of benzene rings is 1. The number of sulfone groups is 1. The minimum Gasteiger partial charge on any atom is -0.493 e. The van der Waals surface area contributed by atoms with Crippen molar-refractivity contribution < 1.29 is 21.6 Å². The van der Waals surface area contributed by atoms with E-state index in [0.29, 0.717) is 18.7 Å². The second-order valence-corrected chi connectivity index (χ2v) is 8.84. The molecule has 0 spiro atoms. The van der Waals surface area contributed by atoms with Gasteiger partial charge >= 0.3 is 0 Å². The molecule has 0 heterocycles. The van der Waals surface area contributed by atoms with Crippen molar-refractivity contribution in [2.24, 2.45) is 5.73 Å². The van der Waals surface area contributed by atoms with E-state index in [9.17, 15) is 16.8 Å². The molecule has 0 aliphatic rings. The average Bonchev–Trinajstić information content (AvgIpc) is 2.48. The van der Waals surface area contributed by atoms with Crippen molar-refractivity contribution in [2.45, 2.75) is 18.2 Å². The molecule has 0 aliphatic heterocycles. The first-order chi connectivity index (χ1) is 10.3. The zero-order valence-corrected chi connectivity index (χ0v) is 14.1. The lowest BCUT2D eigenvalue weighted by Crippen LogP contribution is -2.26. The van der Waals surface area contributed by atoms with Crippen molar-refractivity contribution in [3.05, 3.63) is 24.3 Å². The van der Waals surface area contributed by atoms with Crippen LogP contribution in [0.2, 0.25) is 0 Å². The summed E-state index contributed by atoms with van der Waals surface area (Å²) >= 11 is 0. The van der Waals surface area contributed by atoms with Crippen molar-refractivity contribution in [1.82, 2.24) is 4.72 Å². The highest BCUT2D eigenvalue weighted by Gasteiger charge is 2.13. The van der Waals surface area contributed by atoms with Gasteiger partial charge in [-0.15, -0.1) is 0 Å². The Morgan fingerprint density at radius 3 is 2.32 bits per heavy atom. The third kappa shape index (κ3) is 6.30. The molecule has 0 radical (unpaired) electrons. The van der Waals surface area contributed by atoms with Crippen molar-refractivity contribution >= 4 is 19.9 Å². The van der Waals surface area contributed by atoms with Gasteiger partial charge in [0.1, 0.15) is 12.4 Å². The van der Waals surface area contributed by atoms with Crippen LogP contribution in [0.15, 0.2) is 29.2 Å². The molecule has 0 unspecified atom stereocenters. The van der Waals surface area contributed by atoms with E-state index in [1.807, 2.05) is 0 Å². The zero-order valence-electron chi connectivity index (χ0n) is 12.5. The van der Waals surface area contributed by atoms with E-state index < -0.39 is 19.9 Å². The molecule has 0 saturated carbocycles. The van der Waals surface area contributed by atoms with E-state index in [1.165, 1.54) is 24.3 Å². The van der Waals surface area contributed by atoms with Gasteiger partial charge in [-0.2, -0.15) is 0 Å². The van der Waals surface area contributed by atoms with Crippen molar-refractivity contribution in [2.75, 3.05) is 31.2 Å². The van der Waals surface area contributed by atoms with Gasteiger partial charge in [-0.3, -0.25) is 0 Å². The van der Waals surface area contributed by atoms with Gasteiger partial charge in [0.05, 0.1) is 10.6 Å². The number of rotatable bonds is 10. The second kappa shape index (κ2) is 8.47. The first kappa shape index (κ1) is 18.9. The Morgan fingerprint density at radius 1 is 1.14 bits per heavy atom. The maximum absolute atomic E-state index is 11.9. The fourth-order valence-electron chi connectivity index (χ4n) is 1.54. The molecule has 0 aliphatic carbocycles. The standard InChI is InChI=1S/C13H22N2O5S2/c1-2-21(16,17)11-10-20-12-4-6-13(7-5-12)22(18,19)15-9-3-8-14/h4-7,15H,2-3,8-11,14H2,1H3. The third-order valence-electron chi connectivity index (χ3n) is 2.91. The van der Waals surface area contributed by atoms with Gasteiger partial charge in [-0.05, 0) is 37.2 Å². The number of nitrogens with one attached hydrogen (secondary N) is 1. The van der Waals surface area contributed by atoms with Crippen molar-refractivity contribution in [1.29, 1.82) is 0 Å². The molecule has 0 fully saturated rings. The van der Waals surface area contributed by atoms with Crippen LogP contribution in [-0.4, -0.2) is 48.0 Å². The highest BCUT2D eigenvalue weighted by atomic mass is 32.2. The fraction of sp³-hybridized carbons (Fsp3) is 0.538. The molecule has 0 saturated heterocycles.